The number of hydrogen-bond acceptors (Lipinski definition) is 6. The summed E-state index contributed by atoms with van der Waals surface area (Å²) in [5, 5.41) is 17.4. The molecule has 20 heavy (non-hydrogen) atoms. The molecular weight excluding hydrogens is 260 g/mol. The number of rotatable bonds is 5. The molecule has 1 N–H and O–H groups in total. The molecule has 2 heterocycles. The molecule has 0 radical (unpaired) electrons. The zero-order chi connectivity index (χ0) is 14.4. The van der Waals surface area contributed by atoms with Crippen LogP contribution in [-0.4, -0.2) is 46.8 Å². The minimum Gasteiger partial charge on any atom is -0.481 e. The minimum atomic E-state index is -0.843. The molecule has 7 heteroatoms. The molecule has 0 bridgehead atoms. The van der Waals surface area contributed by atoms with Crippen molar-refractivity contribution < 1.29 is 14.6 Å². The Hall–Kier alpha value is -2.20. The van der Waals surface area contributed by atoms with Gasteiger partial charge in [0.15, 0.2) is 0 Å². The van der Waals surface area contributed by atoms with Gasteiger partial charge in [-0.1, -0.05) is 0 Å². The van der Waals surface area contributed by atoms with Gasteiger partial charge in [-0.05, 0) is 18.9 Å². The van der Waals surface area contributed by atoms with Crippen molar-refractivity contribution >= 4 is 11.9 Å². The zero-order valence-corrected chi connectivity index (χ0v) is 11.0. The minimum absolute atomic E-state index is 0.0353. The largest absolute Gasteiger partial charge is 0.481 e. The molecule has 1 aromatic heterocycles. The first-order valence-corrected chi connectivity index (χ1v) is 6.50. The number of aliphatic carboxylic acids is 1. The number of carbonyl (C=O) groups is 1. The third-order valence-corrected chi connectivity index (χ3v) is 3.15. The number of nitriles is 1. The molecule has 0 aliphatic carbocycles. The van der Waals surface area contributed by atoms with Crippen molar-refractivity contribution in [3.8, 4) is 6.07 Å². The van der Waals surface area contributed by atoms with Gasteiger partial charge in [0.05, 0.1) is 19.1 Å². The summed E-state index contributed by atoms with van der Waals surface area (Å²) in [5.41, 5.74) is 0.356. The SMILES string of the molecule is N#Cc1ccnc(N2CCC(OCCC(=O)O)CC2)n1. The molecule has 0 unspecified atom stereocenters. The van der Waals surface area contributed by atoms with Crippen molar-refractivity contribution in [1.29, 1.82) is 5.26 Å². The highest BCUT2D eigenvalue weighted by atomic mass is 16.5. The molecule has 1 saturated heterocycles. The van der Waals surface area contributed by atoms with Crippen LogP contribution in [0.5, 0.6) is 0 Å². The zero-order valence-electron chi connectivity index (χ0n) is 11.0. The smallest absolute Gasteiger partial charge is 0.305 e. The van der Waals surface area contributed by atoms with E-state index in [-0.39, 0.29) is 19.1 Å². The molecule has 106 valence electrons. The van der Waals surface area contributed by atoms with Crippen molar-refractivity contribution in [3.63, 3.8) is 0 Å². The van der Waals surface area contributed by atoms with Crippen molar-refractivity contribution in [2.45, 2.75) is 25.4 Å². The monoisotopic (exact) mass is 276 g/mol. The van der Waals surface area contributed by atoms with E-state index in [1.807, 2.05) is 11.0 Å². The molecule has 0 amide bonds. The number of ether oxygens (including phenoxy) is 1. The maximum atomic E-state index is 10.4. The van der Waals surface area contributed by atoms with Crippen LogP contribution >= 0.6 is 0 Å². The highest BCUT2D eigenvalue weighted by Crippen LogP contribution is 2.18. The van der Waals surface area contributed by atoms with Crippen LogP contribution in [-0.2, 0) is 9.53 Å². The maximum absolute atomic E-state index is 10.4. The lowest BCUT2D eigenvalue weighted by atomic mass is 10.1. The van der Waals surface area contributed by atoms with Gasteiger partial charge in [-0.2, -0.15) is 5.26 Å². The van der Waals surface area contributed by atoms with E-state index in [0.717, 1.165) is 25.9 Å². The highest BCUT2D eigenvalue weighted by Gasteiger charge is 2.21. The Labute approximate surface area is 116 Å². The van der Waals surface area contributed by atoms with E-state index in [4.69, 9.17) is 15.1 Å². The summed E-state index contributed by atoms with van der Waals surface area (Å²) >= 11 is 0. The Morgan fingerprint density at radius 1 is 1.55 bits per heavy atom. The van der Waals surface area contributed by atoms with Crippen molar-refractivity contribution in [3.05, 3.63) is 18.0 Å². The van der Waals surface area contributed by atoms with Gasteiger partial charge in [0.1, 0.15) is 11.8 Å². The van der Waals surface area contributed by atoms with Crippen LogP contribution in [0.15, 0.2) is 12.3 Å². The average Bonchev–Trinajstić information content (AvgIpc) is 2.48. The summed E-state index contributed by atoms with van der Waals surface area (Å²) in [4.78, 5) is 20.7. The first-order chi connectivity index (χ1) is 9.69. The molecule has 0 spiro atoms. The molecule has 1 aliphatic heterocycles. The van der Waals surface area contributed by atoms with Gasteiger partial charge in [0, 0.05) is 19.3 Å². The number of piperidine rings is 1. The predicted octanol–water partition coefficient (Wildman–Crippen LogP) is 0.808. The second kappa shape index (κ2) is 6.82. The fraction of sp³-hybridized carbons (Fsp3) is 0.538. The van der Waals surface area contributed by atoms with E-state index in [0.29, 0.717) is 11.6 Å². The van der Waals surface area contributed by atoms with Crippen LogP contribution in [0.4, 0.5) is 5.95 Å². The topological polar surface area (TPSA) is 99.3 Å². The first-order valence-electron chi connectivity index (χ1n) is 6.50. The van der Waals surface area contributed by atoms with Crippen LogP contribution in [0.3, 0.4) is 0 Å². The van der Waals surface area contributed by atoms with Crippen molar-refractivity contribution in [1.82, 2.24) is 9.97 Å². The fourth-order valence-corrected chi connectivity index (χ4v) is 2.10. The van der Waals surface area contributed by atoms with E-state index in [1.54, 1.807) is 12.3 Å². The molecule has 0 aromatic carbocycles. The van der Waals surface area contributed by atoms with E-state index >= 15 is 0 Å². The van der Waals surface area contributed by atoms with Crippen LogP contribution in [0.2, 0.25) is 0 Å². The Bertz CT molecular complexity index is 507. The predicted molar refractivity (Wildman–Crippen MR) is 70.2 cm³/mol. The number of nitrogens with zero attached hydrogens (tertiary/aromatic N) is 4. The average molecular weight is 276 g/mol. The molecule has 0 saturated carbocycles. The summed E-state index contributed by atoms with van der Waals surface area (Å²) in [7, 11) is 0. The van der Waals surface area contributed by atoms with Crippen molar-refractivity contribution in [2.24, 2.45) is 0 Å². The summed E-state index contributed by atoms with van der Waals surface area (Å²) in [6.07, 6.45) is 3.31. The molecule has 1 aromatic rings. The van der Waals surface area contributed by atoms with E-state index in [2.05, 4.69) is 9.97 Å². The number of aromatic nitrogens is 2. The van der Waals surface area contributed by atoms with Gasteiger partial charge in [0.25, 0.3) is 0 Å². The maximum Gasteiger partial charge on any atom is 0.305 e. The van der Waals surface area contributed by atoms with E-state index in [1.165, 1.54) is 0 Å². The Morgan fingerprint density at radius 2 is 2.30 bits per heavy atom. The van der Waals surface area contributed by atoms with Crippen LogP contribution in [0, 0.1) is 11.3 Å². The summed E-state index contributed by atoms with van der Waals surface area (Å²) in [6, 6.07) is 3.57. The Morgan fingerprint density at radius 3 is 2.95 bits per heavy atom. The number of hydrogen-bond donors (Lipinski definition) is 1. The Balaban J connectivity index is 1.82. The van der Waals surface area contributed by atoms with E-state index in [9.17, 15) is 4.79 Å². The van der Waals surface area contributed by atoms with E-state index < -0.39 is 5.97 Å². The Kier molecular flexibility index (Phi) is 4.85. The third kappa shape index (κ3) is 3.90. The molecule has 2 rings (SSSR count). The molecule has 7 nitrogen and oxygen atoms in total. The number of carboxylic acids is 1. The molecule has 1 fully saturated rings. The second-order valence-corrected chi connectivity index (χ2v) is 4.55. The molecule has 1 aliphatic rings. The summed E-state index contributed by atoms with van der Waals surface area (Å²) in [6.45, 7) is 1.74. The molecular formula is C13H16N4O3. The van der Waals surface area contributed by atoms with Crippen molar-refractivity contribution in [2.75, 3.05) is 24.6 Å². The normalized spacial score (nSPS) is 15.8. The van der Waals surface area contributed by atoms with Gasteiger partial charge in [-0.15, -0.1) is 0 Å². The number of carboxylic acid groups (broad SMARTS) is 1. The van der Waals surface area contributed by atoms with Gasteiger partial charge in [0.2, 0.25) is 5.95 Å². The highest BCUT2D eigenvalue weighted by molar-refractivity contribution is 5.66. The molecule has 0 atom stereocenters. The lowest BCUT2D eigenvalue weighted by Crippen LogP contribution is -2.38. The summed E-state index contributed by atoms with van der Waals surface area (Å²) in [5.74, 6) is -0.280. The van der Waals surface area contributed by atoms with Gasteiger partial charge < -0.3 is 14.7 Å². The number of anilines is 1. The summed E-state index contributed by atoms with van der Waals surface area (Å²) < 4.78 is 5.52. The van der Waals surface area contributed by atoms with Crippen LogP contribution < -0.4 is 4.90 Å². The standard InChI is InChI=1S/C13H16N4O3/c14-9-10-1-5-15-13(16-10)17-6-2-11(3-7-17)20-8-4-12(18)19/h1,5,11H,2-4,6-8H2,(H,18,19). The quantitative estimate of drug-likeness (QED) is 0.849. The third-order valence-electron chi connectivity index (χ3n) is 3.15. The lowest BCUT2D eigenvalue weighted by Gasteiger charge is -2.31. The van der Waals surface area contributed by atoms with Crippen LogP contribution in [0.25, 0.3) is 0 Å². The van der Waals surface area contributed by atoms with Gasteiger partial charge in [-0.25, -0.2) is 9.97 Å². The first kappa shape index (κ1) is 14.2. The second-order valence-electron chi connectivity index (χ2n) is 4.55. The fourth-order valence-electron chi connectivity index (χ4n) is 2.10. The van der Waals surface area contributed by atoms with Gasteiger partial charge in [-0.3, -0.25) is 4.79 Å². The van der Waals surface area contributed by atoms with Crippen LogP contribution in [0.1, 0.15) is 25.0 Å². The lowest BCUT2D eigenvalue weighted by molar-refractivity contribution is -0.138. The van der Waals surface area contributed by atoms with Gasteiger partial charge >= 0.3 is 5.97 Å².